The average molecular weight is 593 g/mol. The predicted octanol–water partition coefficient (Wildman–Crippen LogP) is 4.43. The molecule has 0 heterocycles. The van der Waals surface area contributed by atoms with Crippen molar-refractivity contribution < 1.29 is 38.9 Å². The summed E-state index contributed by atoms with van der Waals surface area (Å²) in [7, 11) is 0. The molecule has 0 radical (unpaired) electrons. The highest BCUT2D eigenvalue weighted by Crippen LogP contribution is 2.56. The maximum atomic E-state index is 13.2. The predicted molar refractivity (Wildman–Crippen MR) is 147 cm³/mol. The number of carboxylic acids is 2. The molecule has 2 aromatic rings. The van der Waals surface area contributed by atoms with E-state index in [1.165, 1.54) is 0 Å². The minimum atomic E-state index is -1.29. The highest BCUT2D eigenvalue weighted by molar-refractivity contribution is 6.40. The summed E-state index contributed by atoms with van der Waals surface area (Å²) in [5.41, 5.74) is -0.904. The van der Waals surface area contributed by atoms with Crippen LogP contribution in [0.25, 0.3) is 0 Å². The number of halogens is 2. The largest absolute Gasteiger partial charge is 0.480 e. The third-order valence-corrected chi connectivity index (χ3v) is 8.41. The molecule has 0 saturated heterocycles. The van der Waals surface area contributed by atoms with Crippen LogP contribution in [-0.2, 0) is 30.3 Å². The first-order chi connectivity index (χ1) is 18.7. The zero-order valence-corrected chi connectivity index (χ0v) is 23.6. The van der Waals surface area contributed by atoms with E-state index < -0.39 is 59.1 Å². The molecule has 0 unspecified atom stereocenters. The lowest BCUT2D eigenvalue weighted by Gasteiger charge is -2.39. The summed E-state index contributed by atoms with van der Waals surface area (Å²) in [6, 6.07) is 9.89. The SMILES string of the molecule is CC1(C)[C@@H](C(=O)N[C@@H](Cc2ccc(NC(=O)c3c(Cl)cccc3Cl)cc2)C(=O)O)CC[C@@]1(C)C(=O)OCC(=O)O. The fourth-order valence-electron chi connectivity index (χ4n) is 4.95. The molecule has 2 amide bonds. The molecule has 2 aromatic carbocycles. The number of anilines is 1. The number of carbonyl (C=O) groups excluding carboxylic acids is 3. The number of amides is 2. The average Bonchev–Trinajstić information content (AvgIpc) is 3.12. The lowest BCUT2D eigenvalue weighted by Crippen LogP contribution is -2.50. The summed E-state index contributed by atoms with van der Waals surface area (Å²) < 4.78 is 4.92. The highest BCUT2D eigenvalue weighted by Gasteiger charge is 2.59. The summed E-state index contributed by atoms with van der Waals surface area (Å²) in [4.78, 5) is 61.3. The quantitative estimate of drug-likeness (QED) is 0.295. The molecular weight excluding hydrogens is 563 g/mol. The Kier molecular flexibility index (Phi) is 9.48. The molecular formula is C28H30Cl2N2O8. The molecule has 4 N–H and O–H groups in total. The number of benzene rings is 2. The van der Waals surface area contributed by atoms with Crippen molar-refractivity contribution in [1.82, 2.24) is 5.32 Å². The number of esters is 1. The Morgan fingerprint density at radius 3 is 2.15 bits per heavy atom. The van der Waals surface area contributed by atoms with E-state index in [0.29, 0.717) is 17.7 Å². The molecule has 1 fully saturated rings. The van der Waals surface area contributed by atoms with Gasteiger partial charge >= 0.3 is 17.9 Å². The van der Waals surface area contributed by atoms with Crippen LogP contribution < -0.4 is 10.6 Å². The first-order valence-electron chi connectivity index (χ1n) is 12.4. The molecule has 12 heteroatoms. The summed E-state index contributed by atoms with van der Waals surface area (Å²) >= 11 is 12.2. The fraction of sp³-hybridized carbons (Fsp3) is 0.393. The van der Waals surface area contributed by atoms with E-state index >= 15 is 0 Å². The highest BCUT2D eigenvalue weighted by atomic mass is 35.5. The van der Waals surface area contributed by atoms with Gasteiger partial charge < -0.3 is 25.6 Å². The van der Waals surface area contributed by atoms with Crippen molar-refractivity contribution in [2.45, 2.75) is 46.1 Å². The molecule has 3 rings (SSSR count). The zero-order valence-electron chi connectivity index (χ0n) is 22.1. The van der Waals surface area contributed by atoms with Crippen LogP contribution in [0.4, 0.5) is 5.69 Å². The molecule has 3 atom stereocenters. The normalized spacial score (nSPS) is 20.3. The summed E-state index contributed by atoms with van der Waals surface area (Å²) in [6.07, 6.45) is 0.547. The van der Waals surface area contributed by atoms with Crippen molar-refractivity contribution in [3.05, 3.63) is 63.6 Å². The lowest BCUT2D eigenvalue weighted by atomic mass is 9.65. The van der Waals surface area contributed by atoms with Gasteiger partial charge in [-0.1, -0.05) is 55.2 Å². The Hall–Kier alpha value is -3.63. The van der Waals surface area contributed by atoms with E-state index in [2.05, 4.69) is 10.6 Å². The van der Waals surface area contributed by atoms with Gasteiger partial charge in [-0.05, 0) is 55.0 Å². The number of nitrogens with one attached hydrogen (secondary N) is 2. The van der Waals surface area contributed by atoms with Crippen LogP contribution in [-0.4, -0.2) is 52.6 Å². The van der Waals surface area contributed by atoms with Crippen molar-refractivity contribution in [2.24, 2.45) is 16.7 Å². The molecule has 1 aliphatic rings. The molecule has 0 bridgehead atoms. The Labute approximate surface area is 241 Å². The molecule has 0 aliphatic heterocycles. The van der Waals surface area contributed by atoms with E-state index in [4.69, 9.17) is 33.0 Å². The van der Waals surface area contributed by atoms with Crippen molar-refractivity contribution in [1.29, 1.82) is 0 Å². The van der Waals surface area contributed by atoms with Crippen LogP contribution in [0, 0.1) is 16.7 Å². The van der Waals surface area contributed by atoms with E-state index in [9.17, 15) is 29.1 Å². The van der Waals surface area contributed by atoms with Gasteiger partial charge in [-0.3, -0.25) is 14.4 Å². The second-order valence-corrected chi connectivity index (χ2v) is 11.3. The Morgan fingerprint density at radius 1 is 1.00 bits per heavy atom. The van der Waals surface area contributed by atoms with Gasteiger partial charge in [0.15, 0.2) is 6.61 Å². The monoisotopic (exact) mass is 592 g/mol. The molecule has 10 nitrogen and oxygen atoms in total. The molecule has 40 heavy (non-hydrogen) atoms. The van der Waals surface area contributed by atoms with Crippen LogP contribution in [0.1, 0.15) is 49.5 Å². The summed E-state index contributed by atoms with van der Waals surface area (Å²) in [5.74, 6) is -4.96. The van der Waals surface area contributed by atoms with Crippen LogP contribution in [0.15, 0.2) is 42.5 Å². The second kappa shape index (κ2) is 12.3. The molecule has 0 aromatic heterocycles. The van der Waals surface area contributed by atoms with Crippen LogP contribution >= 0.6 is 23.2 Å². The number of aliphatic carboxylic acids is 2. The van der Waals surface area contributed by atoms with Crippen LogP contribution in [0.5, 0.6) is 0 Å². The van der Waals surface area contributed by atoms with Gasteiger partial charge in [0, 0.05) is 18.0 Å². The Morgan fingerprint density at radius 2 is 1.60 bits per heavy atom. The molecule has 1 saturated carbocycles. The van der Waals surface area contributed by atoms with Gasteiger partial charge in [0.2, 0.25) is 5.91 Å². The Balaban J connectivity index is 1.66. The summed E-state index contributed by atoms with van der Waals surface area (Å²) in [6.45, 7) is 4.27. The summed E-state index contributed by atoms with van der Waals surface area (Å²) in [5, 5.41) is 24.3. The van der Waals surface area contributed by atoms with E-state index in [1.54, 1.807) is 63.2 Å². The maximum Gasteiger partial charge on any atom is 0.341 e. The van der Waals surface area contributed by atoms with Crippen molar-refractivity contribution in [3.63, 3.8) is 0 Å². The van der Waals surface area contributed by atoms with Gasteiger partial charge in [0.05, 0.1) is 21.0 Å². The third-order valence-electron chi connectivity index (χ3n) is 7.78. The van der Waals surface area contributed by atoms with Gasteiger partial charge in [-0.2, -0.15) is 0 Å². The number of hydrogen-bond acceptors (Lipinski definition) is 6. The van der Waals surface area contributed by atoms with E-state index in [0.717, 1.165) is 0 Å². The van der Waals surface area contributed by atoms with Crippen LogP contribution in [0.3, 0.4) is 0 Å². The zero-order chi connectivity index (χ0) is 29.8. The first kappa shape index (κ1) is 30.9. The van der Waals surface area contributed by atoms with Gasteiger partial charge in [-0.25, -0.2) is 9.59 Å². The number of rotatable bonds is 10. The van der Waals surface area contributed by atoms with E-state index in [-0.39, 0.29) is 28.5 Å². The van der Waals surface area contributed by atoms with Crippen LogP contribution in [0.2, 0.25) is 10.0 Å². The number of ether oxygens (including phenoxy) is 1. The topological polar surface area (TPSA) is 159 Å². The molecule has 0 spiro atoms. The van der Waals surface area contributed by atoms with Gasteiger partial charge in [-0.15, -0.1) is 0 Å². The van der Waals surface area contributed by atoms with Crippen molar-refractivity contribution in [2.75, 3.05) is 11.9 Å². The first-order valence-corrected chi connectivity index (χ1v) is 13.2. The standard InChI is InChI=1S/C28H30Cl2N2O8/c1-27(2)17(11-12-28(27,3)26(39)40-14-21(33)34)23(35)32-20(25(37)38)13-15-7-9-16(10-8-15)31-24(36)22-18(29)5-4-6-19(22)30/h4-10,17,20H,11-14H2,1-3H3,(H,31,36)(H,32,35)(H,33,34)(H,37,38)/t17-,20+,28+/m1/s1. The number of carbonyl (C=O) groups is 5. The van der Waals surface area contributed by atoms with Crippen molar-refractivity contribution >= 4 is 58.6 Å². The number of hydrogen-bond donors (Lipinski definition) is 4. The lowest BCUT2D eigenvalue weighted by molar-refractivity contribution is -0.168. The minimum absolute atomic E-state index is 0.0310. The maximum absolute atomic E-state index is 13.2. The number of carboxylic acid groups (broad SMARTS) is 2. The fourth-order valence-corrected chi connectivity index (χ4v) is 5.52. The van der Waals surface area contributed by atoms with Crippen molar-refractivity contribution in [3.8, 4) is 0 Å². The smallest absolute Gasteiger partial charge is 0.341 e. The van der Waals surface area contributed by atoms with Gasteiger partial charge in [0.1, 0.15) is 6.04 Å². The second-order valence-electron chi connectivity index (χ2n) is 10.5. The van der Waals surface area contributed by atoms with E-state index in [1.807, 2.05) is 0 Å². The van der Waals surface area contributed by atoms with Gasteiger partial charge in [0.25, 0.3) is 5.91 Å². The third kappa shape index (κ3) is 6.56. The Bertz CT molecular complexity index is 1310. The molecule has 1 aliphatic carbocycles. The minimum Gasteiger partial charge on any atom is -0.480 e. The molecule has 214 valence electrons.